The summed E-state index contributed by atoms with van der Waals surface area (Å²) in [5.74, 6) is -1.85. The smallest absolute Gasteiger partial charge is 0.303 e. The molecule has 1 aliphatic rings. The number of aliphatic hydroxyl groups excluding tert-OH is 2. The molecule has 248 valence electrons. The standard InChI is InChI=1S/C37H54N2O6/c1-4-6-8-10-12-14-23-39(24-15-13-11-9-7-5-2)28-20-18-27(19-21-28)33-36(44)35(37(33)45)34-30(40)25-29(26-31(34)41)38(3)22-16-17-32(42)43/h18-21,25-26,40-41,44-45H,4-17,22-24H2,1-3H3,(H,42,43). The zero-order valence-electron chi connectivity index (χ0n) is 27.5. The van der Waals surface area contributed by atoms with E-state index in [1.54, 1.807) is 11.9 Å². The van der Waals surface area contributed by atoms with Gasteiger partial charge in [0.15, 0.2) is 0 Å². The zero-order valence-corrected chi connectivity index (χ0v) is 27.5. The average Bonchev–Trinajstić information content (AvgIpc) is 3.01. The molecule has 2 aromatic carbocycles. The quantitative estimate of drug-likeness (QED) is 0.0823. The number of carboxylic acid groups (broad SMARTS) is 1. The van der Waals surface area contributed by atoms with Crippen LogP contribution in [0, 0.1) is 0 Å². The monoisotopic (exact) mass is 622 g/mol. The summed E-state index contributed by atoms with van der Waals surface area (Å²) >= 11 is 0. The lowest BCUT2D eigenvalue weighted by atomic mass is 9.83. The summed E-state index contributed by atoms with van der Waals surface area (Å²) in [6, 6.07) is 10.7. The first-order valence-corrected chi connectivity index (χ1v) is 16.9. The highest BCUT2D eigenvalue weighted by atomic mass is 16.4. The third kappa shape index (κ3) is 10.1. The van der Waals surface area contributed by atoms with E-state index < -0.39 is 5.97 Å². The van der Waals surface area contributed by atoms with Crippen LogP contribution < -0.4 is 9.80 Å². The molecule has 0 fully saturated rings. The molecule has 0 aromatic heterocycles. The maximum Gasteiger partial charge on any atom is 0.303 e. The number of aliphatic carboxylic acids is 1. The summed E-state index contributed by atoms with van der Waals surface area (Å²) < 4.78 is 0. The number of phenols is 2. The summed E-state index contributed by atoms with van der Waals surface area (Å²) in [7, 11) is 1.73. The van der Waals surface area contributed by atoms with E-state index in [0.717, 1.165) is 31.6 Å². The number of aromatic hydroxyl groups is 2. The van der Waals surface area contributed by atoms with Crippen molar-refractivity contribution in [1.82, 2.24) is 0 Å². The van der Waals surface area contributed by atoms with Crippen molar-refractivity contribution >= 4 is 28.5 Å². The van der Waals surface area contributed by atoms with Gasteiger partial charge in [-0.05, 0) is 37.0 Å². The number of carbonyl (C=O) groups is 1. The second-order valence-electron chi connectivity index (χ2n) is 12.3. The fraction of sp³-hybridized carbons (Fsp3) is 0.541. The minimum absolute atomic E-state index is 0.00284. The molecule has 0 atom stereocenters. The Balaban J connectivity index is 1.70. The summed E-state index contributed by atoms with van der Waals surface area (Å²) in [6.07, 6.45) is 15.4. The molecule has 8 heteroatoms. The molecular formula is C37H54N2O6. The van der Waals surface area contributed by atoms with Gasteiger partial charge >= 0.3 is 5.97 Å². The van der Waals surface area contributed by atoms with Crippen molar-refractivity contribution in [3.8, 4) is 11.5 Å². The maximum atomic E-state index is 11.0. The van der Waals surface area contributed by atoms with Gasteiger partial charge in [0.25, 0.3) is 0 Å². The van der Waals surface area contributed by atoms with E-state index >= 15 is 0 Å². The number of aliphatic hydroxyl groups is 2. The van der Waals surface area contributed by atoms with Gasteiger partial charge in [-0.2, -0.15) is 0 Å². The first-order chi connectivity index (χ1) is 21.7. The van der Waals surface area contributed by atoms with Gasteiger partial charge in [0.1, 0.15) is 23.0 Å². The fourth-order valence-electron chi connectivity index (χ4n) is 5.97. The summed E-state index contributed by atoms with van der Waals surface area (Å²) in [5, 5.41) is 52.4. The number of rotatable bonds is 22. The van der Waals surface area contributed by atoms with Gasteiger partial charge in [0.2, 0.25) is 0 Å². The number of nitrogens with zero attached hydrogens (tertiary/aromatic N) is 2. The summed E-state index contributed by atoms with van der Waals surface area (Å²) in [4.78, 5) is 15.0. The minimum Gasteiger partial charge on any atom is -0.507 e. The lowest BCUT2D eigenvalue weighted by molar-refractivity contribution is -0.137. The van der Waals surface area contributed by atoms with Crippen molar-refractivity contribution < 1.29 is 30.3 Å². The summed E-state index contributed by atoms with van der Waals surface area (Å²) in [5.41, 5.74) is 2.51. The predicted octanol–water partition coefficient (Wildman–Crippen LogP) is 9.18. The summed E-state index contributed by atoms with van der Waals surface area (Å²) in [6.45, 7) is 6.91. The van der Waals surface area contributed by atoms with Crippen LogP contribution in [0.25, 0.3) is 11.1 Å². The van der Waals surface area contributed by atoms with Gasteiger partial charge < -0.3 is 35.3 Å². The van der Waals surface area contributed by atoms with Crippen LogP contribution in [-0.2, 0) is 4.79 Å². The Morgan fingerprint density at radius 2 is 1.11 bits per heavy atom. The van der Waals surface area contributed by atoms with Crippen LogP contribution in [0.1, 0.15) is 115 Å². The van der Waals surface area contributed by atoms with E-state index in [9.17, 15) is 25.2 Å². The molecule has 0 spiro atoms. The molecule has 2 aromatic rings. The van der Waals surface area contributed by atoms with Crippen LogP contribution in [0.4, 0.5) is 11.4 Å². The Kier molecular flexibility index (Phi) is 14.4. The SMILES string of the molecule is CCCCCCCCN(CCCCCCCC)c1ccc(C2=C(O)C(c3c(O)cc(N(C)CCCC(=O)O)cc3O)=C2O)cc1. The van der Waals surface area contributed by atoms with E-state index in [4.69, 9.17) is 5.11 Å². The minimum atomic E-state index is -0.886. The number of hydrogen-bond donors (Lipinski definition) is 5. The van der Waals surface area contributed by atoms with Crippen molar-refractivity contribution in [3.05, 3.63) is 59.0 Å². The second-order valence-corrected chi connectivity index (χ2v) is 12.3. The van der Waals surface area contributed by atoms with Crippen LogP contribution in [0.3, 0.4) is 0 Å². The van der Waals surface area contributed by atoms with Crippen LogP contribution in [-0.4, -0.2) is 58.2 Å². The first kappa shape index (κ1) is 35.7. The van der Waals surface area contributed by atoms with Gasteiger partial charge in [0, 0.05) is 56.6 Å². The van der Waals surface area contributed by atoms with Crippen molar-refractivity contribution in [2.75, 3.05) is 36.5 Å². The molecule has 0 saturated heterocycles. The predicted molar refractivity (Wildman–Crippen MR) is 184 cm³/mol. The topological polar surface area (TPSA) is 125 Å². The number of unbranched alkanes of at least 4 members (excludes halogenated alkanes) is 10. The highest BCUT2D eigenvalue weighted by Crippen LogP contribution is 2.50. The van der Waals surface area contributed by atoms with E-state index in [0.29, 0.717) is 24.2 Å². The number of benzene rings is 2. The van der Waals surface area contributed by atoms with E-state index in [1.165, 1.54) is 76.3 Å². The molecule has 0 aliphatic heterocycles. The van der Waals surface area contributed by atoms with Crippen LogP contribution in [0.5, 0.6) is 11.5 Å². The Morgan fingerprint density at radius 1 is 0.622 bits per heavy atom. The maximum absolute atomic E-state index is 11.0. The third-order valence-corrected chi connectivity index (χ3v) is 8.69. The molecule has 0 unspecified atom stereocenters. The highest BCUT2D eigenvalue weighted by Gasteiger charge is 2.35. The van der Waals surface area contributed by atoms with E-state index in [1.807, 2.05) is 24.3 Å². The molecular weight excluding hydrogens is 568 g/mol. The first-order valence-electron chi connectivity index (χ1n) is 16.9. The fourth-order valence-corrected chi connectivity index (χ4v) is 5.97. The lowest BCUT2D eigenvalue weighted by Gasteiger charge is -2.28. The average molecular weight is 623 g/mol. The third-order valence-electron chi connectivity index (χ3n) is 8.69. The lowest BCUT2D eigenvalue weighted by Crippen LogP contribution is -2.25. The molecule has 1 aliphatic carbocycles. The zero-order chi connectivity index (χ0) is 32.8. The van der Waals surface area contributed by atoms with Crippen LogP contribution >= 0.6 is 0 Å². The number of anilines is 2. The van der Waals surface area contributed by atoms with Gasteiger partial charge in [-0.25, -0.2) is 0 Å². The highest BCUT2D eigenvalue weighted by molar-refractivity contribution is 6.08. The largest absolute Gasteiger partial charge is 0.507 e. The molecule has 3 rings (SSSR count). The Hall–Kier alpha value is -3.81. The van der Waals surface area contributed by atoms with Crippen LogP contribution in [0.15, 0.2) is 47.9 Å². The van der Waals surface area contributed by atoms with Crippen molar-refractivity contribution in [1.29, 1.82) is 0 Å². The van der Waals surface area contributed by atoms with E-state index in [-0.39, 0.29) is 46.1 Å². The molecule has 0 amide bonds. The number of carboxylic acids is 1. The molecule has 0 heterocycles. The Morgan fingerprint density at radius 3 is 1.60 bits per heavy atom. The second kappa shape index (κ2) is 18.2. The van der Waals surface area contributed by atoms with Gasteiger partial charge in [-0.3, -0.25) is 4.79 Å². The Bertz CT molecular complexity index is 1260. The van der Waals surface area contributed by atoms with Gasteiger partial charge in [-0.1, -0.05) is 90.2 Å². The molecule has 0 bridgehead atoms. The van der Waals surface area contributed by atoms with Crippen LogP contribution in [0.2, 0.25) is 0 Å². The number of hydrogen-bond acceptors (Lipinski definition) is 7. The molecule has 0 saturated carbocycles. The molecule has 0 radical (unpaired) electrons. The molecule has 5 N–H and O–H groups in total. The van der Waals surface area contributed by atoms with Crippen molar-refractivity contribution in [3.63, 3.8) is 0 Å². The van der Waals surface area contributed by atoms with Crippen molar-refractivity contribution in [2.24, 2.45) is 0 Å². The normalized spacial score (nSPS) is 12.9. The number of phenolic OH excluding ortho intramolecular Hbond substituents is 2. The molecule has 8 nitrogen and oxygen atoms in total. The van der Waals surface area contributed by atoms with Gasteiger partial charge in [-0.15, -0.1) is 0 Å². The van der Waals surface area contributed by atoms with Crippen molar-refractivity contribution in [2.45, 2.75) is 104 Å². The van der Waals surface area contributed by atoms with E-state index in [2.05, 4.69) is 18.7 Å². The Labute approximate surface area is 269 Å². The number of allylic oxidation sites excluding steroid dienone is 2. The molecule has 45 heavy (non-hydrogen) atoms. The van der Waals surface area contributed by atoms with Gasteiger partial charge in [0.05, 0.1) is 16.7 Å².